The van der Waals surface area contributed by atoms with Crippen LogP contribution in [0.25, 0.3) is 22.0 Å². The Bertz CT molecular complexity index is 714. The van der Waals surface area contributed by atoms with Gasteiger partial charge in [0, 0.05) is 7.05 Å². The lowest BCUT2D eigenvalue weighted by Crippen LogP contribution is -2.27. The molecule has 0 aliphatic carbocycles. The summed E-state index contributed by atoms with van der Waals surface area (Å²) < 4.78 is 1.91. The molecule has 0 saturated heterocycles. The molecule has 1 nitrogen and oxygen atoms in total. The topological polar surface area (TPSA) is 3.88 Å². The van der Waals surface area contributed by atoms with Gasteiger partial charge in [-0.1, -0.05) is 48.5 Å². The minimum absolute atomic E-state index is 1.14. The van der Waals surface area contributed by atoms with Gasteiger partial charge in [-0.25, -0.2) is 0 Å². The third-order valence-electron chi connectivity index (χ3n) is 3.41. The van der Waals surface area contributed by atoms with Crippen LogP contribution in [0.5, 0.6) is 0 Å². The molecule has 0 atom stereocenters. The summed E-state index contributed by atoms with van der Waals surface area (Å²) in [6.07, 6.45) is 1.98. The van der Waals surface area contributed by atoms with Crippen LogP contribution in [-0.2, 0) is 0 Å². The van der Waals surface area contributed by atoms with E-state index in [1.807, 2.05) is 22.9 Å². The van der Waals surface area contributed by atoms with Crippen molar-refractivity contribution in [2.24, 2.45) is 0 Å². The molecule has 0 amide bonds. The quantitative estimate of drug-likeness (QED) is 0.445. The Morgan fingerprint density at radius 2 is 1.67 bits per heavy atom. The highest BCUT2D eigenvalue weighted by atomic mass is 14.9. The normalized spacial score (nSPS) is 10.7. The van der Waals surface area contributed by atoms with Gasteiger partial charge < -0.3 is 4.57 Å². The molecule has 88 valence electrons. The van der Waals surface area contributed by atoms with Crippen LogP contribution < -0.4 is 4.57 Å². The van der Waals surface area contributed by atoms with Crippen molar-refractivity contribution in [3.05, 3.63) is 73.4 Å². The van der Waals surface area contributed by atoms with Gasteiger partial charge in [-0.2, -0.15) is 0 Å². The summed E-state index contributed by atoms with van der Waals surface area (Å²) in [6, 6.07) is 19.0. The maximum atomic E-state index is 4.03. The average molecular weight is 233 g/mol. The Balaban J connectivity index is 2.31. The van der Waals surface area contributed by atoms with Gasteiger partial charge in [-0.15, -0.1) is 0 Å². The van der Waals surface area contributed by atoms with Gasteiger partial charge in [0.2, 0.25) is 0 Å². The van der Waals surface area contributed by atoms with E-state index < -0.39 is 0 Å². The van der Waals surface area contributed by atoms with Gasteiger partial charge in [0.25, 0.3) is 0 Å². The smallest absolute Gasteiger partial charge is 0.112 e. The maximum absolute atomic E-state index is 4.03. The molecule has 1 heterocycles. The van der Waals surface area contributed by atoms with Crippen molar-refractivity contribution >= 4 is 10.8 Å². The van der Waals surface area contributed by atoms with Crippen molar-refractivity contribution in [2.75, 3.05) is 0 Å². The van der Waals surface area contributed by atoms with E-state index in [1.54, 1.807) is 0 Å². The zero-order valence-electron chi connectivity index (χ0n) is 10.4. The first-order chi connectivity index (χ1) is 8.77. The fourth-order valence-electron chi connectivity index (χ4n) is 2.43. The monoisotopic (exact) mass is 233 g/mol. The van der Waals surface area contributed by atoms with Gasteiger partial charge in [0.1, 0.15) is 5.69 Å². The van der Waals surface area contributed by atoms with E-state index in [2.05, 4.69) is 56.4 Å². The lowest BCUT2D eigenvalue weighted by atomic mass is 9.98. The van der Waals surface area contributed by atoms with E-state index in [-0.39, 0.29) is 0 Å². The van der Waals surface area contributed by atoms with Crippen molar-refractivity contribution in [1.82, 2.24) is 0 Å². The molecule has 0 N–H and O–H groups in total. The number of pyridine rings is 1. The number of benzene rings is 2. The molecule has 1 aromatic heterocycles. The molecule has 0 spiro atoms. The minimum atomic E-state index is 1.14. The summed E-state index contributed by atoms with van der Waals surface area (Å²) in [5.74, 6) is 0. The van der Waals surface area contributed by atoms with Gasteiger partial charge in [0.15, 0.2) is 0 Å². The predicted octanol–water partition coefficient (Wildman–Crippen LogP) is 3.74. The molecule has 1 heteroatoms. The van der Waals surface area contributed by atoms with Gasteiger partial charge in [0.05, 0.1) is 6.20 Å². The van der Waals surface area contributed by atoms with Gasteiger partial charge in [-0.05, 0) is 34.9 Å². The van der Waals surface area contributed by atoms with Crippen LogP contribution in [0.3, 0.4) is 0 Å². The summed E-state index contributed by atoms with van der Waals surface area (Å²) in [5, 5.41) is 2.59. The summed E-state index contributed by atoms with van der Waals surface area (Å²) in [5.41, 5.74) is 3.68. The van der Waals surface area contributed by atoms with Crippen LogP contribution in [0.15, 0.2) is 60.8 Å². The largest absolute Gasteiger partial charge is 0.333 e. The van der Waals surface area contributed by atoms with Gasteiger partial charge >= 0.3 is 0 Å². The molecule has 18 heavy (non-hydrogen) atoms. The molecule has 0 radical (unpaired) electrons. The number of nitrogens with zero attached hydrogens (tertiary/aromatic N) is 1. The highest BCUT2D eigenvalue weighted by Crippen LogP contribution is 2.27. The SMILES string of the molecule is [CH2-][n+]1ccccc1-c1ccc2ccccc2c1C. The van der Waals surface area contributed by atoms with Crippen molar-refractivity contribution < 1.29 is 4.57 Å². The molecule has 3 aromatic rings. The van der Waals surface area contributed by atoms with Crippen LogP contribution in [0, 0.1) is 14.0 Å². The molecule has 0 aliphatic heterocycles. The molecule has 0 aliphatic rings. The van der Waals surface area contributed by atoms with Crippen molar-refractivity contribution in [3.8, 4) is 11.3 Å². The van der Waals surface area contributed by atoms with E-state index in [4.69, 9.17) is 0 Å². The number of rotatable bonds is 1. The standard InChI is InChI=1S/C17H15N/c1-13-15-8-4-3-7-14(15)10-11-16(13)17-9-5-6-12-18(17)2/h3-12H,2H2,1H3. The number of hydrogen-bond acceptors (Lipinski definition) is 0. The van der Waals surface area contributed by atoms with Crippen molar-refractivity contribution in [1.29, 1.82) is 0 Å². The van der Waals surface area contributed by atoms with Crippen molar-refractivity contribution in [3.63, 3.8) is 0 Å². The predicted molar refractivity (Wildman–Crippen MR) is 75.1 cm³/mol. The lowest BCUT2D eigenvalue weighted by molar-refractivity contribution is -0.600. The Morgan fingerprint density at radius 1 is 0.889 bits per heavy atom. The third kappa shape index (κ3) is 1.65. The highest BCUT2D eigenvalue weighted by molar-refractivity contribution is 5.90. The average Bonchev–Trinajstić information content (AvgIpc) is 2.41. The highest BCUT2D eigenvalue weighted by Gasteiger charge is 2.07. The fourth-order valence-corrected chi connectivity index (χ4v) is 2.43. The summed E-state index contributed by atoms with van der Waals surface area (Å²) in [7, 11) is 4.03. The lowest BCUT2D eigenvalue weighted by Gasteiger charge is -2.12. The van der Waals surface area contributed by atoms with E-state index in [1.165, 1.54) is 21.9 Å². The zero-order valence-corrected chi connectivity index (χ0v) is 10.4. The van der Waals surface area contributed by atoms with Crippen molar-refractivity contribution in [2.45, 2.75) is 6.92 Å². The second-order valence-electron chi connectivity index (χ2n) is 4.51. The van der Waals surface area contributed by atoms with Crippen LogP contribution in [0.4, 0.5) is 0 Å². The Morgan fingerprint density at radius 3 is 2.50 bits per heavy atom. The van der Waals surface area contributed by atoms with Crippen LogP contribution >= 0.6 is 0 Å². The number of fused-ring (bicyclic) bond motifs is 1. The van der Waals surface area contributed by atoms with E-state index in [0.717, 1.165) is 5.69 Å². The van der Waals surface area contributed by atoms with Crippen LogP contribution in [-0.4, -0.2) is 0 Å². The fraction of sp³-hybridized carbons (Fsp3) is 0.0588. The number of aromatic nitrogens is 1. The second kappa shape index (κ2) is 4.19. The number of aryl methyl sites for hydroxylation is 1. The molecule has 0 saturated carbocycles. The Labute approximate surface area is 107 Å². The summed E-state index contributed by atoms with van der Waals surface area (Å²) in [6.45, 7) is 2.17. The van der Waals surface area contributed by atoms with E-state index >= 15 is 0 Å². The third-order valence-corrected chi connectivity index (χ3v) is 3.41. The molecule has 0 unspecified atom stereocenters. The second-order valence-corrected chi connectivity index (χ2v) is 4.51. The molecular weight excluding hydrogens is 218 g/mol. The summed E-state index contributed by atoms with van der Waals surface area (Å²) >= 11 is 0. The van der Waals surface area contributed by atoms with Crippen LogP contribution in [0.2, 0.25) is 0 Å². The first-order valence-corrected chi connectivity index (χ1v) is 6.07. The maximum Gasteiger partial charge on any atom is 0.112 e. The van der Waals surface area contributed by atoms with Gasteiger partial charge in [-0.3, -0.25) is 0 Å². The van der Waals surface area contributed by atoms with E-state index in [0.29, 0.717) is 0 Å². The molecule has 0 bridgehead atoms. The number of hydrogen-bond donors (Lipinski definition) is 0. The zero-order chi connectivity index (χ0) is 12.5. The Hall–Kier alpha value is -2.28. The minimum Gasteiger partial charge on any atom is -0.333 e. The Kier molecular flexibility index (Phi) is 2.52. The van der Waals surface area contributed by atoms with E-state index in [9.17, 15) is 0 Å². The first-order valence-electron chi connectivity index (χ1n) is 6.07. The molecule has 0 fully saturated rings. The van der Waals surface area contributed by atoms with Crippen LogP contribution in [0.1, 0.15) is 5.56 Å². The molecular formula is C17H15N. The molecule has 3 rings (SSSR count). The molecule has 2 aromatic carbocycles. The summed E-state index contributed by atoms with van der Waals surface area (Å²) in [4.78, 5) is 0. The first kappa shape index (κ1) is 10.8.